The van der Waals surface area contributed by atoms with Crippen LogP contribution in [0, 0.1) is 5.92 Å². The second-order valence-electron chi connectivity index (χ2n) is 4.20. The Morgan fingerprint density at radius 1 is 1.44 bits per heavy atom. The summed E-state index contributed by atoms with van der Waals surface area (Å²) in [6.45, 7) is 5.76. The molecule has 0 heterocycles. The lowest BCUT2D eigenvalue weighted by Crippen LogP contribution is -2.39. The highest BCUT2D eigenvalue weighted by Crippen LogP contribution is 2.21. The lowest BCUT2D eigenvalue weighted by molar-refractivity contribution is 0.404. The highest BCUT2D eigenvalue weighted by atomic mass is 79.9. The lowest BCUT2D eigenvalue weighted by Gasteiger charge is -2.21. The predicted octanol–water partition coefficient (Wildman–Crippen LogP) is 3.18. The van der Waals surface area contributed by atoms with Gasteiger partial charge in [0.05, 0.1) is 0 Å². The zero-order valence-electron chi connectivity index (χ0n) is 9.63. The van der Waals surface area contributed by atoms with Gasteiger partial charge in [0.15, 0.2) is 0 Å². The van der Waals surface area contributed by atoms with E-state index in [0.29, 0.717) is 18.5 Å². The quantitative estimate of drug-likeness (QED) is 0.877. The maximum atomic E-state index is 5.96. The standard InChI is InChI=1S/C12H18BrClN2/c1-8(2)12(6-15)16-7-9-5-10(14)3-4-11(9)13/h3-5,8,12,16H,6-7,15H2,1-2H3. The van der Waals surface area contributed by atoms with Crippen molar-refractivity contribution in [3.05, 3.63) is 33.3 Å². The molecule has 1 atom stereocenters. The van der Waals surface area contributed by atoms with Gasteiger partial charge in [0.2, 0.25) is 0 Å². The molecular formula is C12H18BrClN2. The van der Waals surface area contributed by atoms with E-state index in [1.807, 2.05) is 18.2 Å². The molecule has 1 unspecified atom stereocenters. The first-order valence-electron chi connectivity index (χ1n) is 5.42. The molecule has 2 nitrogen and oxygen atoms in total. The second-order valence-corrected chi connectivity index (χ2v) is 5.49. The summed E-state index contributed by atoms with van der Waals surface area (Å²) in [5.74, 6) is 0.531. The molecule has 16 heavy (non-hydrogen) atoms. The molecule has 0 amide bonds. The zero-order valence-corrected chi connectivity index (χ0v) is 12.0. The van der Waals surface area contributed by atoms with E-state index in [4.69, 9.17) is 17.3 Å². The van der Waals surface area contributed by atoms with Gasteiger partial charge in [-0.25, -0.2) is 0 Å². The van der Waals surface area contributed by atoms with Crippen molar-refractivity contribution in [3.63, 3.8) is 0 Å². The van der Waals surface area contributed by atoms with E-state index in [9.17, 15) is 0 Å². The minimum absolute atomic E-state index is 0.339. The molecule has 1 aromatic carbocycles. The summed E-state index contributed by atoms with van der Waals surface area (Å²) in [5, 5.41) is 4.20. The monoisotopic (exact) mass is 304 g/mol. The Kier molecular flexibility index (Phi) is 5.76. The third-order valence-corrected chi connectivity index (χ3v) is 3.63. The van der Waals surface area contributed by atoms with Crippen molar-refractivity contribution in [1.82, 2.24) is 5.32 Å². The maximum absolute atomic E-state index is 5.96. The van der Waals surface area contributed by atoms with Crippen LogP contribution in [0.4, 0.5) is 0 Å². The van der Waals surface area contributed by atoms with Crippen molar-refractivity contribution in [1.29, 1.82) is 0 Å². The average molecular weight is 306 g/mol. The van der Waals surface area contributed by atoms with Crippen molar-refractivity contribution in [2.24, 2.45) is 11.7 Å². The van der Waals surface area contributed by atoms with E-state index in [0.717, 1.165) is 21.6 Å². The molecule has 0 aromatic heterocycles. The first kappa shape index (κ1) is 14.0. The number of nitrogens with one attached hydrogen (secondary N) is 1. The van der Waals surface area contributed by atoms with Crippen LogP contribution in [0.3, 0.4) is 0 Å². The molecule has 0 fully saturated rings. The minimum Gasteiger partial charge on any atom is -0.329 e. The van der Waals surface area contributed by atoms with Gasteiger partial charge in [-0.1, -0.05) is 41.4 Å². The van der Waals surface area contributed by atoms with Gasteiger partial charge >= 0.3 is 0 Å². The molecule has 0 radical (unpaired) electrons. The Labute approximate surface area is 111 Å². The molecule has 4 heteroatoms. The topological polar surface area (TPSA) is 38.0 Å². The highest BCUT2D eigenvalue weighted by molar-refractivity contribution is 9.10. The Hall–Kier alpha value is -0.0900. The van der Waals surface area contributed by atoms with Crippen LogP contribution >= 0.6 is 27.5 Å². The fraction of sp³-hybridized carbons (Fsp3) is 0.500. The number of rotatable bonds is 5. The smallest absolute Gasteiger partial charge is 0.0410 e. The molecule has 0 bridgehead atoms. The molecule has 1 rings (SSSR count). The SMILES string of the molecule is CC(C)C(CN)NCc1cc(Cl)ccc1Br. The molecule has 0 spiro atoms. The van der Waals surface area contributed by atoms with E-state index in [-0.39, 0.29) is 0 Å². The molecular weight excluding hydrogens is 288 g/mol. The third kappa shape index (κ3) is 4.06. The van der Waals surface area contributed by atoms with Crippen LogP contribution in [0.1, 0.15) is 19.4 Å². The van der Waals surface area contributed by atoms with Crippen molar-refractivity contribution in [2.75, 3.05) is 6.54 Å². The van der Waals surface area contributed by atoms with E-state index >= 15 is 0 Å². The van der Waals surface area contributed by atoms with Gasteiger partial charge in [-0.05, 0) is 29.7 Å². The summed E-state index contributed by atoms with van der Waals surface area (Å²) < 4.78 is 1.07. The van der Waals surface area contributed by atoms with Crippen LogP contribution in [0.5, 0.6) is 0 Å². The molecule has 3 N–H and O–H groups in total. The summed E-state index contributed by atoms with van der Waals surface area (Å²) in [6.07, 6.45) is 0. The first-order chi connectivity index (χ1) is 7.54. The summed E-state index contributed by atoms with van der Waals surface area (Å²) in [7, 11) is 0. The van der Waals surface area contributed by atoms with Gasteiger partial charge in [0.1, 0.15) is 0 Å². The van der Waals surface area contributed by atoms with Crippen molar-refractivity contribution in [2.45, 2.75) is 26.4 Å². The fourth-order valence-corrected chi connectivity index (χ4v) is 2.09. The van der Waals surface area contributed by atoms with E-state index in [1.165, 1.54) is 0 Å². The van der Waals surface area contributed by atoms with Gasteiger partial charge in [0, 0.05) is 28.6 Å². The summed E-state index contributed by atoms with van der Waals surface area (Å²) >= 11 is 9.46. The number of nitrogens with two attached hydrogens (primary N) is 1. The molecule has 0 aliphatic rings. The third-order valence-electron chi connectivity index (χ3n) is 2.62. The van der Waals surface area contributed by atoms with Crippen molar-refractivity contribution in [3.8, 4) is 0 Å². The van der Waals surface area contributed by atoms with Crippen LogP contribution in [-0.4, -0.2) is 12.6 Å². The first-order valence-corrected chi connectivity index (χ1v) is 6.59. The van der Waals surface area contributed by atoms with Gasteiger partial charge in [0.25, 0.3) is 0 Å². The van der Waals surface area contributed by atoms with Crippen molar-refractivity contribution < 1.29 is 0 Å². The van der Waals surface area contributed by atoms with Gasteiger partial charge in [-0.15, -0.1) is 0 Å². The molecule has 0 saturated heterocycles. The Morgan fingerprint density at radius 3 is 2.69 bits per heavy atom. The van der Waals surface area contributed by atoms with E-state index in [1.54, 1.807) is 0 Å². The van der Waals surface area contributed by atoms with Crippen LogP contribution in [-0.2, 0) is 6.54 Å². The Bertz CT molecular complexity index is 342. The predicted molar refractivity (Wildman–Crippen MR) is 73.7 cm³/mol. The summed E-state index contributed by atoms with van der Waals surface area (Å²) in [5.41, 5.74) is 6.86. The summed E-state index contributed by atoms with van der Waals surface area (Å²) in [6, 6.07) is 6.14. The Balaban J connectivity index is 2.63. The van der Waals surface area contributed by atoms with Crippen LogP contribution in [0.2, 0.25) is 5.02 Å². The van der Waals surface area contributed by atoms with Crippen molar-refractivity contribution >= 4 is 27.5 Å². The zero-order chi connectivity index (χ0) is 12.1. The fourth-order valence-electron chi connectivity index (χ4n) is 1.51. The number of hydrogen-bond donors (Lipinski definition) is 2. The van der Waals surface area contributed by atoms with Gasteiger partial charge < -0.3 is 11.1 Å². The molecule has 90 valence electrons. The summed E-state index contributed by atoms with van der Waals surface area (Å²) in [4.78, 5) is 0. The largest absolute Gasteiger partial charge is 0.329 e. The molecule has 0 aliphatic carbocycles. The number of benzene rings is 1. The van der Waals surface area contributed by atoms with Crippen LogP contribution in [0.25, 0.3) is 0 Å². The number of hydrogen-bond acceptors (Lipinski definition) is 2. The highest BCUT2D eigenvalue weighted by Gasteiger charge is 2.11. The van der Waals surface area contributed by atoms with E-state index in [2.05, 4.69) is 35.1 Å². The maximum Gasteiger partial charge on any atom is 0.0410 e. The van der Waals surface area contributed by atoms with Crippen LogP contribution < -0.4 is 11.1 Å². The normalized spacial score (nSPS) is 13.1. The van der Waals surface area contributed by atoms with Gasteiger partial charge in [-0.3, -0.25) is 0 Å². The lowest BCUT2D eigenvalue weighted by atomic mass is 10.0. The molecule has 1 aromatic rings. The van der Waals surface area contributed by atoms with Crippen LogP contribution in [0.15, 0.2) is 22.7 Å². The number of halogens is 2. The molecule has 0 aliphatic heterocycles. The van der Waals surface area contributed by atoms with E-state index < -0.39 is 0 Å². The molecule has 0 saturated carbocycles. The van der Waals surface area contributed by atoms with Gasteiger partial charge in [-0.2, -0.15) is 0 Å². The second kappa shape index (κ2) is 6.60. The Morgan fingerprint density at radius 2 is 2.12 bits per heavy atom. The minimum atomic E-state index is 0.339. The average Bonchev–Trinajstić information content (AvgIpc) is 2.23.